The maximum Gasteiger partial charge on any atom is 0.263 e. The van der Waals surface area contributed by atoms with Crippen LogP contribution in [0.15, 0.2) is 35.8 Å². The topological polar surface area (TPSA) is 42.3 Å². The molecular weight excluding hydrogens is 240 g/mol. The van der Waals surface area contributed by atoms with E-state index in [4.69, 9.17) is 0 Å². The van der Waals surface area contributed by atoms with E-state index >= 15 is 0 Å². The fourth-order valence-electron chi connectivity index (χ4n) is 2.25. The average molecular weight is 260 g/mol. The third-order valence-corrected chi connectivity index (χ3v) is 3.81. The van der Waals surface area contributed by atoms with E-state index in [1.807, 2.05) is 6.92 Å². The predicted molar refractivity (Wildman–Crippen MR) is 75.2 cm³/mol. The molecule has 4 heteroatoms. The Balaban J connectivity index is 2.25. The van der Waals surface area contributed by atoms with Gasteiger partial charge < -0.3 is 9.47 Å². The van der Waals surface area contributed by atoms with Crippen LogP contribution < -0.4 is 5.56 Å². The van der Waals surface area contributed by atoms with E-state index in [0.717, 1.165) is 0 Å². The highest BCUT2D eigenvalue weighted by molar-refractivity contribution is 5.93. The van der Waals surface area contributed by atoms with Crippen molar-refractivity contribution < 1.29 is 4.79 Å². The first-order valence-electron chi connectivity index (χ1n) is 6.63. The number of nitrogens with zero attached hydrogens (tertiary/aromatic N) is 2. The normalized spacial score (nSPS) is 15.9. The van der Waals surface area contributed by atoms with Crippen molar-refractivity contribution in [2.24, 2.45) is 5.92 Å². The van der Waals surface area contributed by atoms with Gasteiger partial charge in [-0.15, -0.1) is 6.58 Å². The molecule has 1 fully saturated rings. The molecule has 1 aliphatic rings. The third-order valence-electron chi connectivity index (χ3n) is 3.81. The number of rotatable bonds is 5. The lowest BCUT2D eigenvalue weighted by atomic mass is 10.1. The van der Waals surface area contributed by atoms with Crippen LogP contribution >= 0.6 is 0 Å². The number of carbonyl (C=O) groups excluding carboxylic acids is 1. The van der Waals surface area contributed by atoms with Gasteiger partial charge in [-0.1, -0.05) is 6.08 Å². The minimum atomic E-state index is -0.248. The zero-order chi connectivity index (χ0) is 14.0. The van der Waals surface area contributed by atoms with Gasteiger partial charge in [0.05, 0.1) is 0 Å². The summed E-state index contributed by atoms with van der Waals surface area (Å²) in [6.45, 7) is 6.07. The van der Waals surface area contributed by atoms with Crippen molar-refractivity contribution in [3.63, 3.8) is 0 Å². The van der Waals surface area contributed by atoms with Crippen LogP contribution in [0.4, 0.5) is 0 Å². The zero-order valence-electron chi connectivity index (χ0n) is 11.5. The lowest BCUT2D eigenvalue weighted by molar-refractivity contribution is 0.0725. The Morgan fingerprint density at radius 2 is 2.32 bits per heavy atom. The number of carbonyl (C=O) groups is 1. The van der Waals surface area contributed by atoms with Gasteiger partial charge in [0, 0.05) is 25.8 Å². The molecule has 1 heterocycles. The molecule has 1 amide bonds. The first kappa shape index (κ1) is 13.6. The molecule has 1 atom stereocenters. The maximum atomic E-state index is 12.4. The lowest BCUT2D eigenvalue weighted by Crippen LogP contribution is -2.40. The molecule has 0 aromatic carbocycles. The summed E-state index contributed by atoms with van der Waals surface area (Å²) in [5.74, 6) is 0.399. The van der Waals surface area contributed by atoms with E-state index < -0.39 is 0 Å². The molecule has 1 aliphatic carbocycles. The molecule has 1 aromatic heterocycles. The Hall–Kier alpha value is -1.84. The second-order valence-electron chi connectivity index (χ2n) is 5.16. The van der Waals surface area contributed by atoms with Crippen LogP contribution in [-0.2, 0) is 6.54 Å². The molecular formula is C15H20N2O2. The van der Waals surface area contributed by atoms with Crippen molar-refractivity contribution in [1.29, 1.82) is 0 Å². The molecule has 0 unspecified atom stereocenters. The average Bonchev–Trinajstić information content (AvgIpc) is 3.23. The molecule has 4 nitrogen and oxygen atoms in total. The van der Waals surface area contributed by atoms with Gasteiger partial charge >= 0.3 is 0 Å². The lowest BCUT2D eigenvalue weighted by Gasteiger charge is -2.24. The molecule has 19 heavy (non-hydrogen) atoms. The minimum Gasteiger partial charge on any atom is -0.339 e. The summed E-state index contributed by atoms with van der Waals surface area (Å²) >= 11 is 0. The monoisotopic (exact) mass is 260 g/mol. The summed E-state index contributed by atoms with van der Waals surface area (Å²) in [6, 6.07) is 3.52. The molecule has 2 rings (SSSR count). The van der Waals surface area contributed by atoms with Crippen LogP contribution in [0.2, 0.25) is 0 Å². The second-order valence-corrected chi connectivity index (χ2v) is 5.16. The van der Waals surface area contributed by atoms with Gasteiger partial charge in [0.1, 0.15) is 5.56 Å². The predicted octanol–water partition coefficient (Wildman–Crippen LogP) is 1.90. The van der Waals surface area contributed by atoms with Crippen molar-refractivity contribution in [3.05, 3.63) is 46.9 Å². The number of pyridine rings is 1. The van der Waals surface area contributed by atoms with Crippen LogP contribution in [0.5, 0.6) is 0 Å². The maximum absolute atomic E-state index is 12.4. The first-order valence-corrected chi connectivity index (χ1v) is 6.63. The minimum absolute atomic E-state index is 0.192. The Kier molecular flexibility index (Phi) is 3.88. The van der Waals surface area contributed by atoms with Gasteiger partial charge in [-0.3, -0.25) is 9.59 Å². The number of amides is 1. The third kappa shape index (κ3) is 2.78. The molecule has 102 valence electrons. The summed E-state index contributed by atoms with van der Waals surface area (Å²) in [7, 11) is 1.77. The largest absolute Gasteiger partial charge is 0.339 e. The fraction of sp³-hybridized carbons (Fsp3) is 0.467. The Bertz CT molecular complexity index is 543. The van der Waals surface area contributed by atoms with Crippen molar-refractivity contribution in [3.8, 4) is 0 Å². The summed E-state index contributed by atoms with van der Waals surface area (Å²) in [4.78, 5) is 26.3. The number of hydrogen-bond acceptors (Lipinski definition) is 2. The van der Waals surface area contributed by atoms with Crippen LogP contribution in [-0.4, -0.2) is 28.5 Å². The van der Waals surface area contributed by atoms with Gasteiger partial charge in [0.15, 0.2) is 0 Å². The standard InChI is InChI=1S/C15H20N2O2/c1-4-9-17-10-5-6-13(15(17)19)14(18)16(3)11(2)12-7-8-12/h4-6,10-12H,1,7-9H2,2-3H3/t11-/m0/s1. The van der Waals surface area contributed by atoms with E-state index in [1.54, 1.807) is 36.4 Å². The smallest absolute Gasteiger partial charge is 0.263 e. The summed E-state index contributed by atoms with van der Waals surface area (Å²) < 4.78 is 1.50. The highest BCUT2D eigenvalue weighted by Gasteiger charge is 2.33. The van der Waals surface area contributed by atoms with Crippen LogP contribution in [0, 0.1) is 5.92 Å². The molecule has 0 radical (unpaired) electrons. The molecule has 1 saturated carbocycles. The summed E-state index contributed by atoms with van der Waals surface area (Å²) in [5, 5.41) is 0. The van der Waals surface area contributed by atoms with Gasteiger partial charge in [0.25, 0.3) is 11.5 Å². The van der Waals surface area contributed by atoms with Gasteiger partial charge in [0.2, 0.25) is 0 Å². The van der Waals surface area contributed by atoms with Crippen molar-refractivity contribution >= 4 is 5.91 Å². The second kappa shape index (κ2) is 5.43. The van der Waals surface area contributed by atoms with Gasteiger partial charge in [-0.05, 0) is 37.8 Å². The highest BCUT2D eigenvalue weighted by atomic mass is 16.2. The molecule has 0 aliphatic heterocycles. The van der Waals surface area contributed by atoms with Crippen molar-refractivity contribution in [1.82, 2.24) is 9.47 Å². The zero-order valence-corrected chi connectivity index (χ0v) is 11.5. The Morgan fingerprint density at radius 1 is 1.63 bits per heavy atom. The summed E-state index contributed by atoms with van der Waals surface area (Å²) in [6.07, 6.45) is 5.67. The van der Waals surface area contributed by atoms with E-state index in [2.05, 4.69) is 6.58 Å². The first-order chi connectivity index (χ1) is 9.06. The molecule has 0 N–H and O–H groups in total. The SMILES string of the molecule is C=CCn1cccc(C(=O)N(C)[C@@H](C)C2CC2)c1=O. The molecule has 0 bridgehead atoms. The van der Waals surface area contributed by atoms with Crippen molar-refractivity contribution in [2.45, 2.75) is 32.4 Å². The molecule has 0 spiro atoms. The molecule has 1 aromatic rings. The van der Waals surface area contributed by atoms with E-state index in [-0.39, 0.29) is 23.1 Å². The number of aromatic nitrogens is 1. The van der Waals surface area contributed by atoms with Gasteiger partial charge in [-0.25, -0.2) is 0 Å². The Morgan fingerprint density at radius 3 is 2.89 bits per heavy atom. The number of allylic oxidation sites excluding steroid dienone is 1. The fourth-order valence-corrected chi connectivity index (χ4v) is 2.25. The summed E-state index contributed by atoms with van der Waals surface area (Å²) in [5.41, 5.74) is -0.0124. The van der Waals surface area contributed by atoms with Crippen LogP contribution in [0.3, 0.4) is 0 Å². The Labute approximate surface area is 113 Å². The molecule has 0 saturated heterocycles. The number of hydrogen-bond donors (Lipinski definition) is 0. The quantitative estimate of drug-likeness (QED) is 0.759. The highest BCUT2D eigenvalue weighted by Crippen LogP contribution is 2.34. The van der Waals surface area contributed by atoms with Gasteiger partial charge in [-0.2, -0.15) is 0 Å². The van der Waals surface area contributed by atoms with E-state index in [0.29, 0.717) is 12.5 Å². The van der Waals surface area contributed by atoms with E-state index in [9.17, 15) is 9.59 Å². The van der Waals surface area contributed by atoms with Crippen LogP contribution in [0.1, 0.15) is 30.1 Å². The van der Waals surface area contributed by atoms with Crippen LogP contribution in [0.25, 0.3) is 0 Å². The van der Waals surface area contributed by atoms with E-state index in [1.165, 1.54) is 17.4 Å². The van der Waals surface area contributed by atoms with Crippen molar-refractivity contribution in [2.75, 3.05) is 7.05 Å².